The van der Waals surface area contributed by atoms with Crippen molar-refractivity contribution in [2.75, 3.05) is 0 Å². The van der Waals surface area contributed by atoms with Crippen molar-refractivity contribution in [3.05, 3.63) is 90.5 Å². The molecule has 31 heavy (non-hydrogen) atoms. The maximum atomic E-state index is 13.1. The van der Waals surface area contributed by atoms with E-state index in [-0.39, 0.29) is 22.4 Å². The van der Waals surface area contributed by atoms with Gasteiger partial charge in [0.25, 0.3) is 0 Å². The van der Waals surface area contributed by atoms with Crippen LogP contribution in [0.3, 0.4) is 0 Å². The minimum absolute atomic E-state index is 0.125. The largest absolute Gasteiger partial charge is 0.442 e. The highest BCUT2D eigenvalue weighted by Crippen LogP contribution is 2.48. The van der Waals surface area contributed by atoms with Gasteiger partial charge in [0, 0.05) is 33.2 Å². The summed E-state index contributed by atoms with van der Waals surface area (Å²) < 4.78 is 8.48. The first-order valence-electron chi connectivity index (χ1n) is 10.5. The summed E-state index contributed by atoms with van der Waals surface area (Å²) in [6.07, 6.45) is 11.7. The summed E-state index contributed by atoms with van der Waals surface area (Å²) in [5, 5.41) is 2.53. The SMILES string of the molecule is C#CC(C)(OC(=O)c1cccc(-[s+]2c3ccccc3c3ccccc32)c1)C1CC=CC1. The summed E-state index contributed by atoms with van der Waals surface area (Å²) in [7, 11) is -0.252. The summed E-state index contributed by atoms with van der Waals surface area (Å²) in [6.45, 7) is 1.84. The lowest BCUT2D eigenvalue weighted by Crippen LogP contribution is -2.37. The molecule has 2 nitrogen and oxygen atoms in total. The van der Waals surface area contributed by atoms with E-state index < -0.39 is 5.60 Å². The fraction of sp³-hybridized carbons (Fsp3) is 0.179. The van der Waals surface area contributed by atoms with Crippen LogP contribution in [0.15, 0.2) is 84.9 Å². The molecular formula is C28H23O2S+. The molecule has 0 bridgehead atoms. The molecule has 1 unspecified atom stereocenters. The average Bonchev–Trinajstić information content (AvgIpc) is 3.46. The van der Waals surface area contributed by atoms with Crippen LogP contribution >= 0.6 is 10.5 Å². The molecule has 3 heteroatoms. The number of hydrogen-bond donors (Lipinski definition) is 0. The average molecular weight is 424 g/mol. The van der Waals surface area contributed by atoms with Gasteiger partial charge in [-0.3, -0.25) is 0 Å². The van der Waals surface area contributed by atoms with E-state index in [0.29, 0.717) is 5.56 Å². The van der Waals surface area contributed by atoms with Crippen LogP contribution in [-0.4, -0.2) is 11.6 Å². The maximum absolute atomic E-state index is 13.1. The van der Waals surface area contributed by atoms with E-state index in [2.05, 4.69) is 72.7 Å². The number of carbonyl (C=O) groups excluding carboxylic acids is 1. The van der Waals surface area contributed by atoms with Gasteiger partial charge in [0.2, 0.25) is 0 Å². The zero-order chi connectivity index (χ0) is 21.4. The van der Waals surface area contributed by atoms with E-state index in [0.717, 1.165) is 17.7 Å². The standard InChI is InChI=1S/C28H23O2S/c1-3-28(2,21-12-4-5-13-21)30-27(29)20-11-10-14-22(19-20)31-25-17-8-6-15-23(25)24-16-7-9-18-26(24)31/h1,4-11,14-19,21H,12-13H2,2H3/q+1. The van der Waals surface area contributed by atoms with Gasteiger partial charge in [-0.1, -0.05) is 48.4 Å². The maximum Gasteiger partial charge on any atom is 0.339 e. The van der Waals surface area contributed by atoms with Gasteiger partial charge in [0.1, 0.15) is 0 Å². The predicted molar refractivity (Wildman–Crippen MR) is 130 cm³/mol. The molecule has 1 atom stereocenters. The number of hydrogen-bond acceptors (Lipinski definition) is 2. The van der Waals surface area contributed by atoms with Crippen molar-refractivity contribution in [2.45, 2.75) is 25.4 Å². The van der Waals surface area contributed by atoms with Crippen LogP contribution in [0, 0.1) is 18.3 Å². The molecule has 0 radical (unpaired) electrons. The van der Waals surface area contributed by atoms with Gasteiger partial charge < -0.3 is 4.74 Å². The summed E-state index contributed by atoms with van der Waals surface area (Å²) >= 11 is 0. The third-order valence-electron chi connectivity index (χ3n) is 6.19. The molecule has 1 aromatic heterocycles. The molecule has 152 valence electrons. The van der Waals surface area contributed by atoms with Crippen molar-refractivity contribution in [1.82, 2.24) is 0 Å². The molecule has 0 saturated heterocycles. The minimum Gasteiger partial charge on any atom is -0.442 e. The van der Waals surface area contributed by atoms with Crippen molar-refractivity contribution in [3.63, 3.8) is 0 Å². The quantitative estimate of drug-likeness (QED) is 0.150. The Morgan fingerprint density at radius 2 is 1.58 bits per heavy atom. The van der Waals surface area contributed by atoms with Gasteiger partial charge in [-0.2, -0.15) is 0 Å². The molecule has 0 amide bonds. The number of ether oxygens (including phenoxy) is 1. The predicted octanol–water partition coefficient (Wildman–Crippen LogP) is 7.25. The number of thiophene rings is 1. The summed E-state index contributed by atoms with van der Waals surface area (Å²) in [6, 6.07) is 24.9. The Kier molecular flexibility index (Phi) is 4.88. The molecule has 0 saturated carbocycles. The zero-order valence-corrected chi connectivity index (χ0v) is 18.2. The molecule has 4 aromatic rings. The lowest BCUT2D eigenvalue weighted by molar-refractivity contribution is -0.00682. The highest BCUT2D eigenvalue weighted by Gasteiger charge is 2.37. The fourth-order valence-corrected chi connectivity index (χ4v) is 6.84. The van der Waals surface area contributed by atoms with Crippen molar-refractivity contribution in [3.8, 4) is 17.2 Å². The summed E-state index contributed by atoms with van der Waals surface area (Å²) in [4.78, 5) is 14.2. The van der Waals surface area contributed by atoms with Crippen molar-refractivity contribution >= 4 is 36.6 Å². The number of allylic oxidation sites excluding steroid dienone is 2. The van der Waals surface area contributed by atoms with Crippen LogP contribution in [0.1, 0.15) is 30.1 Å². The van der Waals surface area contributed by atoms with Gasteiger partial charge in [-0.15, -0.1) is 6.42 Å². The first-order chi connectivity index (χ1) is 15.1. The first-order valence-corrected chi connectivity index (χ1v) is 11.7. The number of benzene rings is 3. The van der Waals surface area contributed by atoms with Crippen LogP contribution in [0.4, 0.5) is 0 Å². The van der Waals surface area contributed by atoms with Crippen molar-refractivity contribution in [2.24, 2.45) is 5.92 Å². The highest BCUT2D eigenvalue weighted by molar-refractivity contribution is 7.50. The Morgan fingerprint density at radius 3 is 2.19 bits per heavy atom. The van der Waals surface area contributed by atoms with Gasteiger partial charge in [0.15, 0.2) is 19.9 Å². The second-order valence-corrected chi connectivity index (χ2v) is 10.1. The normalized spacial score (nSPS) is 15.7. The van der Waals surface area contributed by atoms with Gasteiger partial charge in [0.05, 0.1) is 5.56 Å². The molecule has 0 spiro atoms. The van der Waals surface area contributed by atoms with Crippen LogP contribution in [0.25, 0.3) is 25.1 Å². The number of terminal acetylenes is 1. The third-order valence-corrected chi connectivity index (χ3v) is 8.50. The molecule has 0 aliphatic heterocycles. The van der Waals surface area contributed by atoms with Crippen LogP contribution in [-0.2, 0) is 4.74 Å². The lowest BCUT2D eigenvalue weighted by atomic mass is 9.87. The third kappa shape index (κ3) is 3.34. The second kappa shape index (κ2) is 7.72. The smallest absolute Gasteiger partial charge is 0.339 e. The van der Waals surface area contributed by atoms with Crippen molar-refractivity contribution < 1.29 is 9.53 Å². The monoisotopic (exact) mass is 423 g/mol. The Hall–Kier alpha value is -3.35. The van der Waals surface area contributed by atoms with Gasteiger partial charge in [-0.25, -0.2) is 4.79 Å². The number of carbonyl (C=O) groups is 1. The van der Waals surface area contributed by atoms with Gasteiger partial charge in [-0.05, 0) is 56.2 Å². The Morgan fingerprint density at radius 1 is 0.968 bits per heavy atom. The summed E-state index contributed by atoms with van der Waals surface area (Å²) in [5.74, 6) is 2.50. The Balaban J connectivity index is 1.56. The first kappa shape index (κ1) is 19.6. The molecule has 1 heterocycles. The Bertz CT molecular complexity index is 1310. The van der Waals surface area contributed by atoms with Crippen molar-refractivity contribution in [1.29, 1.82) is 0 Å². The van der Waals surface area contributed by atoms with E-state index >= 15 is 0 Å². The van der Waals surface area contributed by atoms with E-state index in [1.54, 1.807) is 0 Å². The molecule has 3 aromatic carbocycles. The van der Waals surface area contributed by atoms with Crippen LogP contribution in [0.5, 0.6) is 0 Å². The molecular weight excluding hydrogens is 400 g/mol. The number of fused-ring (bicyclic) bond motifs is 3. The molecule has 0 N–H and O–H groups in total. The van der Waals surface area contributed by atoms with E-state index in [4.69, 9.17) is 11.2 Å². The molecule has 0 fully saturated rings. The molecule has 5 rings (SSSR count). The van der Waals surface area contributed by atoms with E-state index in [1.165, 1.54) is 20.2 Å². The highest BCUT2D eigenvalue weighted by atomic mass is 32.2. The fourth-order valence-electron chi connectivity index (χ4n) is 4.41. The van der Waals surface area contributed by atoms with Crippen LogP contribution in [0.2, 0.25) is 0 Å². The Labute approximate surface area is 185 Å². The molecule has 1 aliphatic rings. The summed E-state index contributed by atoms with van der Waals surface area (Å²) in [5.41, 5.74) is -0.370. The van der Waals surface area contributed by atoms with E-state index in [9.17, 15) is 4.79 Å². The lowest BCUT2D eigenvalue weighted by Gasteiger charge is -2.30. The zero-order valence-electron chi connectivity index (χ0n) is 17.4. The topological polar surface area (TPSA) is 26.3 Å². The number of esters is 1. The number of rotatable bonds is 4. The van der Waals surface area contributed by atoms with Gasteiger partial charge >= 0.3 is 5.97 Å². The minimum atomic E-state index is -0.911. The van der Waals surface area contributed by atoms with Crippen LogP contribution < -0.4 is 0 Å². The van der Waals surface area contributed by atoms with E-state index in [1.807, 2.05) is 25.1 Å². The molecule has 1 aliphatic carbocycles. The second-order valence-electron chi connectivity index (χ2n) is 8.11.